The Hall–Kier alpha value is -2.22. The lowest BCUT2D eigenvalue weighted by molar-refractivity contribution is -0.0187. The average Bonchev–Trinajstić information content (AvgIpc) is 3.42. The fraction of sp³-hybridized carbons (Fsp3) is 0.682. The fourth-order valence-corrected chi connectivity index (χ4v) is 5.43. The van der Waals surface area contributed by atoms with Crippen LogP contribution in [0.15, 0.2) is 17.6 Å². The van der Waals surface area contributed by atoms with Crippen molar-refractivity contribution in [1.82, 2.24) is 29.1 Å². The van der Waals surface area contributed by atoms with Crippen molar-refractivity contribution in [3.63, 3.8) is 0 Å². The molecule has 1 unspecified atom stereocenters. The number of nitriles is 1. The quantitative estimate of drug-likeness (QED) is 0.188. The number of rotatable bonds is 12. The molecule has 1 fully saturated rings. The Kier molecular flexibility index (Phi) is 9.68. The molecule has 3 rings (SSSR count). The first-order valence-electron chi connectivity index (χ1n) is 11.6. The molecule has 186 valence electrons. The van der Waals surface area contributed by atoms with Crippen LogP contribution in [-0.2, 0) is 13.8 Å². The number of ether oxygens (including phenoxy) is 1. The summed E-state index contributed by atoms with van der Waals surface area (Å²) in [7, 11) is 2.51. The van der Waals surface area contributed by atoms with E-state index >= 15 is 0 Å². The Morgan fingerprint density at radius 1 is 1.24 bits per heavy atom. The van der Waals surface area contributed by atoms with Gasteiger partial charge in [0.15, 0.2) is 17.0 Å². The van der Waals surface area contributed by atoms with Crippen molar-refractivity contribution in [3.8, 4) is 6.07 Å². The van der Waals surface area contributed by atoms with Gasteiger partial charge in [-0.15, -0.1) is 0 Å². The van der Waals surface area contributed by atoms with Crippen LogP contribution in [0.2, 0.25) is 0 Å². The lowest BCUT2D eigenvalue weighted by Crippen LogP contribution is -2.34. The average molecular weight is 491 g/mol. The first kappa shape index (κ1) is 26.4. The number of hydrogen-bond donors (Lipinski definition) is 0. The molecule has 12 heteroatoms. The zero-order valence-corrected chi connectivity index (χ0v) is 21.7. The predicted octanol–water partition coefficient (Wildman–Crippen LogP) is 4.02. The van der Waals surface area contributed by atoms with E-state index in [1.165, 1.54) is 6.33 Å². The van der Waals surface area contributed by atoms with E-state index in [9.17, 15) is 0 Å². The summed E-state index contributed by atoms with van der Waals surface area (Å²) in [6.45, 7) is 9.26. The van der Waals surface area contributed by atoms with Gasteiger partial charge in [0.25, 0.3) is 8.53 Å². The molecule has 1 saturated heterocycles. The van der Waals surface area contributed by atoms with E-state index in [2.05, 4.69) is 58.4 Å². The molecule has 2 aromatic rings. The van der Waals surface area contributed by atoms with Crippen LogP contribution in [-0.4, -0.2) is 80.9 Å². The maximum Gasteiger partial charge on any atom is 0.259 e. The molecule has 0 spiro atoms. The lowest BCUT2D eigenvalue weighted by atomic mass is 10.2. The van der Waals surface area contributed by atoms with Gasteiger partial charge in [0.05, 0.1) is 44.5 Å². The third-order valence-corrected chi connectivity index (χ3v) is 7.25. The Morgan fingerprint density at radius 3 is 2.68 bits per heavy atom. The number of aromatic nitrogens is 4. The highest BCUT2D eigenvalue weighted by Crippen LogP contribution is 2.46. The zero-order valence-electron chi connectivity index (χ0n) is 20.8. The molecule has 0 radical (unpaired) electrons. The lowest BCUT2D eigenvalue weighted by Gasteiger charge is -2.36. The van der Waals surface area contributed by atoms with E-state index in [0.717, 1.165) is 12.8 Å². The first-order chi connectivity index (χ1) is 16.3. The number of aliphatic imine (C=N–C) groups is 1. The molecule has 0 bridgehead atoms. The molecular formula is C22H35N8O3P. The molecule has 0 aromatic carbocycles. The molecule has 0 aliphatic carbocycles. The molecule has 3 heterocycles. The van der Waals surface area contributed by atoms with Crippen LogP contribution in [0.1, 0.15) is 53.2 Å². The molecule has 1 aliphatic rings. The highest BCUT2D eigenvalue weighted by Gasteiger charge is 2.32. The van der Waals surface area contributed by atoms with Gasteiger partial charge in [-0.2, -0.15) is 5.26 Å². The number of hydrogen-bond acceptors (Lipinski definition) is 9. The second kappa shape index (κ2) is 12.5. The van der Waals surface area contributed by atoms with Gasteiger partial charge in [-0.25, -0.2) is 24.6 Å². The van der Waals surface area contributed by atoms with Crippen molar-refractivity contribution in [3.05, 3.63) is 12.7 Å². The van der Waals surface area contributed by atoms with Crippen molar-refractivity contribution in [2.75, 3.05) is 27.3 Å². The number of nitrogens with zero attached hydrogens (tertiary/aromatic N) is 8. The third kappa shape index (κ3) is 6.68. The van der Waals surface area contributed by atoms with Gasteiger partial charge in [0.2, 0.25) is 0 Å². The Balaban J connectivity index is 1.66. The van der Waals surface area contributed by atoms with Gasteiger partial charge in [0, 0.05) is 26.2 Å². The summed E-state index contributed by atoms with van der Waals surface area (Å²) in [6, 6.07) is 2.64. The Morgan fingerprint density at radius 2 is 2.00 bits per heavy atom. The largest absolute Gasteiger partial charge is 0.369 e. The standard InChI is InChI=1S/C22H35N8O3P/c1-16(2)30(17(3)4)34(31-11-7-10-23)32-12-18-8-9-19(33-18)29-15-26-20-21(27-14-28(5)6)24-13-25-22(20)29/h13-19H,7-9,11-12H2,1-6H3/t18-,19+,34?/m0/s1. The second-order valence-electron chi connectivity index (χ2n) is 8.86. The fourth-order valence-electron chi connectivity index (χ4n) is 3.79. The maximum atomic E-state index is 8.88. The van der Waals surface area contributed by atoms with Crippen LogP contribution < -0.4 is 0 Å². The molecule has 0 N–H and O–H groups in total. The summed E-state index contributed by atoms with van der Waals surface area (Å²) in [5.74, 6) is 0.526. The molecular weight excluding hydrogens is 455 g/mol. The van der Waals surface area contributed by atoms with Gasteiger partial charge in [0.1, 0.15) is 12.6 Å². The van der Waals surface area contributed by atoms with Crippen molar-refractivity contribution in [2.24, 2.45) is 4.99 Å². The molecule has 3 atom stereocenters. The summed E-state index contributed by atoms with van der Waals surface area (Å²) in [4.78, 5) is 19.4. The van der Waals surface area contributed by atoms with Crippen LogP contribution >= 0.6 is 8.53 Å². The predicted molar refractivity (Wildman–Crippen MR) is 131 cm³/mol. The monoisotopic (exact) mass is 490 g/mol. The Bertz CT molecular complexity index is 982. The molecule has 11 nitrogen and oxygen atoms in total. The van der Waals surface area contributed by atoms with Gasteiger partial charge < -0.3 is 18.7 Å². The zero-order chi connectivity index (χ0) is 24.7. The van der Waals surface area contributed by atoms with Gasteiger partial charge in [-0.05, 0) is 40.5 Å². The second-order valence-corrected chi connectivity index (χ2v) is 10.3. The van der Waals surface area contributed by atoms with E-state index in [1.807, 2.05) is 23.6 Å². The topological polar surface area (TPSA) is 114 Å². The summed E-state index contributed by atoms with van der Waals surface area (Å²) in [5.41, 5.74) is 1.34. The first-order valence-corrected chi connectivity index (χ1v) is 12.7. The summed E-state index contributed by atoms with van der Waals surface area (Å²) in [6.07, 6.45) is 6.68. The highest BCUT2D eigenvalue weighted by atomic mass is 31.2. The van der Waals surface area contributed by atoms with E-state index in [1.54, 1.807) is 12.7 Å². The molecule has 0 amide bonds. The van der Waals surface area contributed by atoms with E-state index in [4.69, 9.17) is 19.0 Å². The van der Waals surface area contributed by atoms with Crippen LogP contribution in [0, 0.1) is 11.3 Å². The maximum absolute atomic E-state index is 8.88. The van der Waals surface area contributed by atoms with Crippen molar-refractivity contribution < 1.29 is 13.8 Å². The van der Waals surface area contributed by atoms with E-state index < -0.39 is 8.53 Å². The normalized spacial score (nSPS) is 19.6. The third-order valence-electron chi connectivity index (χ3n) is 5.18. The molecule has 2 aromatic heterocycles. The minimum absolute atomic E-state index is 0.0683. The summed E-state index contributed by atoms with van der Waals surface area (Å²) >= 11 is 0. The smallest absolute Gasteiger partial charge is 0.259 e. The van der Waals surface area contributed by atoms with Crippen molar-refractivity contribution >= 4 is 31.8 Å². The van der Waals surface area contributed by atoms with Crippen LogP contribution in [0.5, 0.6) is 0 Å². The number of fused-ring (bicyclic) bond motifs is 1. The van der Waals surface area contributed by atoms with E-state index in [0.29, 0.717) is 36.6 Å². The van der Waals surface area contributed by atoms with Gasteiger partial charge in [-0.1, -0.05) is 0 Å². The van der Waals surface area contributed by atoms with Crippen LogP contribution in [0.3, 0.4) is 0 Å². The molecule has 1 aliphatic heterocycles. The molecule has 0 saturated carbocycles. The minimum Gasteiger partial charge on any atom is -0.369 e. The van der Waals surface area contributed by atoms with Gasteiger partial charge >= 0.3 is 0 Å². The van der Waals surface area contributed by atoms with Crippen LogP contribution in [0.25, 0.3) is 11.2 Å². The van der Waals surface area contributed by atoms with Crippen molar-refractivity contribution in [2.45, 2.75) is 71.4 Å². The van der Waals surface area contributed by atoms with E-state index in [-0.39, 0.29) is 24.4 Å². The number of imidazole rings is 1. The summed E-state index contributed by atoms with van der Waals surface area (Å²) in [5, 5.41) is 8.88. The van der Waals surface area contributed by atoms with Gasteiger partial charge in [-0.3, -0.25) is 4.57 Å². The Labute approximate surface area is 202 Å². The van der Waals surface area contributed by atoms with Crippen molar-refractivity contribution in [1.29, 1.82) is 5.26 Å². The molecule has 34 heavy (non-hydrogen) atoms. The SMILES string of the molecule is CC(C)N(C(C)C)P(OCCC#N)OC[C@@H]1CC[C@H](n2cnc3c(N=CN(C)C)ncnc32)O1. The van der Waals surface area contributed by atoms with Crippen LogP contribution in [0.4, 0.5) is 5.82 Å². The highest BCUT2D eigenvalue weighted by molar-refractivity contribution is 7.44. The summed E-state index contributed by atoms with van der Waals surface area (Å²) < 4.78 is 22.7. The minimum atomic E-state index is -1.29.